The Bertz CT molecular complexity index is 1150. The number of halogens is 1. The van der Waals surface area contributed by atoms with E-state index in [1.165, 1.54) is 6.07 Å². The van der Waals surface area contributed by atoms with Gasteiger partial charge >= 0.3 is 0 Å². The van der Waals surface area contributed by atoms with Crippen LogP contribution >= 0.6 is 0 Å². The molecular weight excluding hydrogens is 303 g/mol. The van der Waals surface area contributed by atoms with Gasteiger partial charge in [0.2, 0.25) is 5.69 Å². The fourth-order valence-corrected chi connectivity index (χ4v) is 3.15. The van der Waals surface area contributed by atoms with E-state index >= 15 is 0 Å². The van der Waals surface area contributed by atoms with Gasteiger partial charge < -0.3 is 4.42 Å². The molecule has 2 aromatic carbocycles. The molecule has 4 heteroatoms. The van der Waals surface area contributed by atoms with Gasteiger partial charge in [0.15, 0.2) is 6.20 Å². The fourth-order valence-electron chi connectivity index (χ4n) is 3.15. The molecule has 0 amide bonds. The largest absolute Gasteiger partial charge is 0.456 e. The Morgan fingerprint density at radius 1 is 1.12 bits per heavy atom. The number of nitrogens with zero attached hydrogens (tertiary/aromatic N) is 2. The summed E-state index contributed by atoms with van der Waals surface area (Å²) in [5, 5.41) is 10.1. The molecule has 0 saturated heterocycles. The lowest BCUT2D eigenvalue weighted by molar-refractivity contribution is -0.660. The number of hydrogen-bond acceptors (Lipinski definition) is 2. The van der Waals surface area contributed by atoms with Crippen LogP contribution in [-0.2, 0) is 7.05 Å². The van der Waals surface area contributed by atoms with Crippen molar-refractivity contribution in [1.29, 1.82) is 5.26 Å². The van der Waals surface area contributed by atoms with Crippen LogP contribution in [0.25, 0.3) is 33.2 Å². The summed E-state index contributed by atoms with van der Waals surface area (Å²) in [4.78, 5) is 0. The number of nitriles is 1. The zero-order valence-electron chi connectivity index (χ0n) is 13.3. The molecule has 0 saturated carbocycles. The Kier molecular flexibility index (Phi) is 3.10. The Morgan fingerprint density at radius 3 is 2.71 bits per heavy atom. The zero-order chi connectivity index (χ0) is 16.8. The lowest BCUT2D eigenvalue weighted by Crippen LogP contribution is -2.30. The standard InChI is InChI=1S/C20H14FN2O/c1-12-7-18-15(10-14(12)17-5-3-4-6-23(17)2)20-16(21)8-13(11-22)9-19(20)24-18/h3-10H,1-2H3/q+1. The van der Waals surface area contributed by atoms with Gasteiger partial charge in [0.25, 0.3) is 0 Å². The van der Waals surface area contributed by atoms with Crippen LogP contribution in [0.4, 0.5) is 4.39 Å². The number of hydrogen-bond donors (Lipinski definition) is 0. The molecule has 0 aliphatic heterocycles. The van der Waals surface area contributed by atoms with Crippen molar-refractivity contribution in [2.45, 2.75) is 6.92 Å². The number of furan rings is 1. The Labute approximate surface area is 138 Å². The maximum Gasteiger partial charge on any atom is 0.212 e. The van der Waals surface area contributed by atoms with Crippen molar-refractivity contribution in [3.8, 4) is 17.3 Å². The summed E-state index contributed by atoms with van der Waals surface area (Å²) in [6.07, 6.45) is 1.98. The predicted molar refractivity (Wildman–Crippen MR) is 89.7 cm³/mol. The molecule has 0 fully saturated rings. The lowest BCUT2D eigenvalue weighted by atomic mass is 10.0. The minimum Gasteiger partial charge on any atom is -0.456 e. The SMILES string of the molecule is Cc1cc2oc3cc(C#N)cc(F)c3c2cc1-c1cccc[n+]1C. The first-order valence-corrected chi connectivity index (χ1v) is 7.60. The maximum absolute atomic E-state index is 14.5. The van der Waals surface area contributed by atoms with Crippen molar-refractivity contribution >= 4 is 21.9 Å². The van der Waals surface area contributed by atoms with E-state index in [2.05, 4.69) is 0 Å². The molecule has 24 heavy (non-hydrogen) atoms. The van der Waals surface area contributed by atoms with Gasteiger partial charge in [-0.2, -0.15) is 5.26 Å². The first-order valence-electron chi connectivity index (χ1n) is 7.60. The molecule has 0 bridgehead atoms. The van der Waals surface area contributed by atoms with Crippen LogP contribution in [0.2, 0.25) is 0 Å². The van der Waals surface area contributed by atoms with Crippen molar-refractivity contribution in [2.75, 3.05) is 0 Å². The van der Waals surface area contributed by atoms with E-state index in [-0.39, 0.29) is 5.56 Å². The molecular formula is C20H14FN2O+. The van der Waals surface area contributed by atoms with Gasteiger partial charge in [-0.3, -0.25) is 0 Å². The summed E-state index contributed by atoms with van der Waals surface area (Å²) in [7, 11) is 1.98. The third-order valence-corrected chi connectivity index (χ3v) is 4.33. The number of aromatic nitrogens is 1. The van der Waals surface area contributed by atoms with E-state index in [4.69, 9.17) is 9.68 Å². The quantitative estimate of drug-likeness (QED) is 0.488. The van der Waals surface area contributed by atoms with E-state index in [0.717, 1.165) is 22.2 Å². The minimum absolute atomic E-state index is 0.255. The highest BCUT2D eigenvalue weighted by atomic mass is 19.1. The molecule has 0 unspecified atom stereocenters. The molecule has 2 aromatic heterocycles. The van der Waals surface area contributed by atoms with Crippen LogP contribution in [0.15, 0.2) is 53.1 Å². The van der Waals surface area contributed by atoms with E-state index in [9.17, 15) is 4.39 Å². The van der Waals surface area contributed by atoms with Crippen LogP contribution in [0.1, 0.15) is 11.1 Å². The topological polar surface area (TPSA) is 40.8 Å². The van der Waals surface area contributed by atoms with E-state index in [1.807, 2.05) is 61.1 Å². The van der Waals surface area contributed by atoms with E-state index < -0.39 is 5.82 Å². The van der Waals surface area contributed by atoms with Crippen molar-refractivity contribution in [1.82, 2.24) is 0 Å². The summed E-state index contributed by atoms with van der Waals surface area (Å²) in [6, 6.07) is 14.6. The first-order chi connectivity index (χ1) is 11.6. The third-order valence-electron chi connectivity index (χ3n) is 4.33. The molecule has 0 atom stereocenters. The monoisotopic (exact) mass is 317 g/mol. The number of rotatable bonds is 1. The summed E-state index contributed by atoms with van der Waals surface area (Å²) >= 11 is 0. The van der Waals surface area contributed by atoms with Crippen LogP contribution in [-0.4, -0.2) is 0 Å². The minimum atomic E-state index is -0.435. The average molecular weight is 317 g/mol. The van der Waals surface area contributed by atoms with Gasteiger partial charge in [-0.1, -0.05) is 0 Å². The second-order valence-electron chi connectivity index (χ2n) is 5.91. The second-order valence-corrected chi connectivity index (χ2v) is 5.91. The highest BCUT2D eigenvalue weighted by molar-refractivity contribution is 6.07. The molecule has 3 nitrogen and oxygen atoms in total. The highest BCUT2D eigenvalue weighted by Gasteiger charge is 2.18. The summed E-state index contributed by atoms with van der Waals surface area (Å²) < 4.78 is 22.3. The van der Waals surface area contributed by atoms with Crippen LogP contribution in [0.5, 0.6) is 0 Å². The molecule has 116 valence electrons. The molecule has 0 aliphatic rings. The van der Waals surface area contributed by atoms with Gasteiger partial charge in [0.1, 0.15) is 24.0 Å². The molecule has 0 N–H and O–H groups in total. The van der Waals surface area contributed by atoms with Crippen molar-refractivity contribution in [3.63, 3.8) is 0 Å². The smallest absolute Gasteiger partial charge is 0.212 e. The van der Waals surface area contributed by atoms with Crippen LogP contribution in [0, 0.1) is 24.1 Å². The van der Waals surface area contributed by atoms with E-state index in [0.29, 0.717) is 16.6 Å². The summed E-state index contributed by atoms with van der Waals surface area (Å²) in [5.74, 6) is -0.435. The van der Waals surface area contributed by atoms with Gasteiger partial charge in [-0.15, -0.1) is 0 Å². The van der Waals surface area contributed by atoms with Gasteiger partial charge in [0.05, 0.1) is 17.0 Å². The van der Waals surface area contributed by atoms with Crippen molar-refractivity contribution < 1.29 is 13.4 Å². The van der Waals surface area contributed by atoms with Gasteiger partial charge in [0, 0.05) is 23.1 Å². The van der Waals surface area contributed by atoms with Gasteiger partial charge in [-0.05, 0) is 42.8 Å². The van der Waals surface area contributed by atoms with Crippen molar-refractivity contribution in [2.24, 2.45) is 7.05 Å². The number of fused-ring (bicyclic) bond motifs is 3. The third kappa shape index (κ3) is 2.06. The second kappa shape index (κ2) is 5.17. The molecule has 4 aromatic rings. The van der Waals surface area contributed by atoms with Gasteiger partial charge in [-0.25, -0.2) is 8.96 Å². The van der Waals surface area contributed by atoms with E-state index in [1.54, 1.807) is 6.07 Å². The van der Waals surface area contributed by atoms with Crippen LogP contribution in [0.3, 0.4) is 0 Å². The Hall–Kier alpha value is -3.19. The van der Waals surface area contributed by atoms with Crippen molar-refractivity contribution in [3.05, 3.63) is 65.6 Å². The molecule has 0 radical (unpaired) electrons. The number of benzene rings is 2. The molecule has 2 heterocycles. The average Bonchev–Trinajstić information content (AvgIpc) is 2.92. The summed E-state index contributed by atoms with van der Waals surface area (Å²) in [6.45, 7) is 2.01. The summed E-state index contributed by atoms with van der Waals surface area (Å²) in [5.41, 5.74) is 4.39. The molecule has 4 rings (SSSR count). The fraction of sp³-hybridized carbons (Fsp3) is 0.100. The molecule has 0 spiro atoms. The Morgan fingerprint density at radius 2 is 1.96 bits per heavy atom. The lowest BCUT2D eigenvalue weighted by Gasteiger charge is -2.04. The maximum atomic E-state index is 14.5. The first kappa shape index (κ1) is 14.4. The van der Waals surface area contributed by atoms with Crippen LogP contribution < -0.4 is 4.57 Å². The Balaban J connectivity index is 2.09. The normalized spacial score (nSPS) is 11.1. The predicted octanol–water partition coefficient (Wildman–Crippen LogP) is 4.40. The highest BCUT2D eigenvalue weighted by Crippen LogP contribution is 2.35. The number of pyridine rings is 1. The molecule has 0 aliphatic carbocycles. The zero-order valence-corrected chi connectivity index (χ0v) is 13.3. The number of aryl methyl sites for hydroxylation is 2.